The van der Waals surface area contributed by atoms with Crippen LogP contribution in [-0.2, 0) is 0 Å². The molecular weight excluding hydrogens is 374 g/mol. The average molecular weight is 391 g/mol. The first kappa shape index (κ1) is 13.7. The summed E-state index contributed by atoms with van der Waals surface area (Å²) in [6.45, 7) is 0.771. The minimum Gasteiger partial charge on any atom is -0.496 e. The maximum atomic E-state index is 5.92. The maximum Gasteiger partial charge on any atom is 0.139 e. The molecule has 1 fully saturated rings. The van der Waals surface area contributed by atoms with E-state index < -0.39 is 0 Å². The van der Waals surface area contributed by atoms with Crippen LogP contribution in [0.5, 0.6) is 11.5 Å². The van der Waals surface area contributed by atoms with Gasteiger partial charge in [-0.1, -0.05) is 0 Å². The van der Waals surface area contributed by atoms with E-state index in [1.165, 1.54) is 18.4 Å². The Morgan fingerprint density at radius 3 is 2.79 bits per heavy atom. The predicted octanol–water partition coefficient (Wildman–Crippen LogP) is 4.19. The van der Waals surface area contributed by atoms with Gasteiger partial charge in [0.05, 0.1) is 22.7 Å². The first-order valence-electron chi connectivity index (χ1n) is 6.65. The molecule has 0 bridgehead atoms. The summed E-state index contributed by atoms with van der Waals surface area (Å²) in [7, 11) is 1.69. The summed E-state index contributed by atoms with van der Waals surface area (Å²) in [5, 5.41) is 3.72. The second-order valence-electron chi connectivity index (χ2n) is 5.10. The predicted molar refractivity (Wildman–Crippen MR) is 82.0 cm³/mol. The van der Waals surface area contributed by atoms with Gasteiger partial charge < -0.3 is 14.8 Å². The third kappa shape index (κ3) is 2.78. The molecule has 1 unspecified atom stereocenters. The Bertz CT molecular complexity index is 489. The fourth-order valence-corrected chi connectivity index (χ4v) is 3.79. The van der Waals surface area contributed by atoms with E-state index in [4.69, 9.17) is 9.47 Å². The van der Waals surface area contributed by atoms with Crippen LogP contribution in [-0.4, -0.2) is 19.8 Å². The van der Waals surface area contributed by atoms with E-state index in [0.717, 1.165) is 39.9 Å². The third-order valence-electron chi connectivity index (χ3n) is 3.64. The van der Waals surface area contributed by atoms with Crippen LogP contribution in [0.3, 0.4) is 0 Å². The number of hydrogen-bond donors (Lipinski definition) is 1. The molecule has 2 aliphatic rings. The number of hydrogen-bond acceptors (Lipinski definition) is 3. The standard InChI is InChI=1S/C14H17Br2NO2/c1-18-11-7-9(15)14-12(13(11)16)10(3-2-6-19-14)17-8-4-5-8/h7-8,10,17H,2-6H2,1H3. The van der Waals surface area contributed by atoms with Crippen molar-refractivity contribution >= 4 is 31.9 Å². The molecule has 1 atom stereocenters. The van der Waals surface area contributed by atoms with Gasteiger partial charge in [0.1, 0.15) is 11.5 Å². The van der Waals surface area contributed by atoms with Crippen molar-refractivity contribution in [2.45, 2.75) is 37.8 Å². The van der Waals surface area contributed by atoms with Gasteiger partial charge in [0, 0.05) is 17.6 Å². The van der Waals surface area contributed by atoms with Crippen LogP contribution in [0.15, 0.2) is 15.0 Å². The second-order valence-corrected chi connectivity index (χ2v) is 6.75. The molecule has 19 heavy (non-hydrogen) atoms. The molecule has 0 saturated heterocycles. The summed E-state index contributed by atoms with van der Waals surface area (Å²) < 4.78 is 13.3. The van der Waals surface area contributed by atoms with Gasteiger partial charge in [-0.15, -0.1) is 0 Å². The first-order valence-corrected chi connectivity index (χ1v) is 8.24. The van der Waals surface area contributed by atoms with Crippen molar-refractivity contribution in [2.24, 2.45) is 0 Å². The number of benzene rings is 1. The lowest BCUT2D eigenvalue weighted by Gasteiger charge is -2.22. The lowest BCUT2D eigenvalue weighted by molar-refractivity contribution is 0.312. The smallest absolute Gasteiger partial charge is 0.139 e. The summed E-state index contributed by atoms with van der Waals surface area (Å²) in [6.07, 6.45) is 4.74. The normalized spacial score (nSPS) is 22.4. The first-order chi connectivity index (χ1) is 9.20. The highest BCUT2D eigenvalue weighted by Gasteiger charge is 2.31. The number of rotatable bonds is 3. The fraction of sp³-hybridized carbons (Fsp3) is 0.571. The van der Waals surface area contributed by atoms with Crippen molar-refractivity contribution in [3.05, 3.63) is 20.6 Å². The third-order valence-corrected chi connectivity index (χ3v) is 5.05. The van der Waals surface area contributed by atoms with Gasteiger partial charge in [-0.3, -0.25) is 0 Å². The minimum absolute atomic E-state index is 0.339. The summed E-state index contributed by atoms with van der Waals surface area (Å²) in [5.74, 6) is 1.79. The minimum atomic E-state index is 0.339. The lowest BCUT2D eigenvalue weighted by atomic mass is 10.0. The van der Waals surface area contributed by atoms with E-state index in [1.54, 1.807) is 7.11 Å². The number of fused-ring (bicyclic) bond motifs is 1. The zero-order valence-electron chi connectivity index (χ0n) is 10.8. The van der Waals surface area contributed by atoms with E-state index in [2.05, 4.69) is 37.2 Å². The van der Waals surface area contributed by atoms with Gasteiger partial charge in [-0.2, -0.15) is 0 Å². The van der Waals surface area contributed by atoms with Crippen molar-refractivity contribution in [2.75, 3.05) is 13.7 Å². The van der Waals surface area contributed by atoms with Crippen molar-refractivity contribution < 1.29 is 9.47 Å². The fourth-order valence-electron chi connectivity index (χ4n) is 2.52. The Morgan fingerprint density at radius 2 is 2.11 bits per heavy atom. The Morgan fingerprint density at radius 1 is 1.32 bits per heavy atom. The van der Waals surface area contributed by atoms with E-state index in [0.29, 0.717) is 12.1 Å². The second kappa shape index (κ2) is 5.62. The molecule has 0 radical (unpaired) electrons. The molecule has 3 rings (SSSR count). The molecule has 1 aliphatic carbocycles. The van der Waals surface area contributed by atoms with Crippen LogP contribution >= 0.6 is 31.9 Å². The van der Waals surface area contributed by atoms with Gasteiger partial charge in [0.25, 0.3) is 0 Å². The van der Waals surface area contributed by atoms with E-state index in [9.17, 15) is 0 Å². The average Bonchev–Trinajstić information content (AvgIpc) is 3.21. The van der Waals surface area contributed by atoms with Crippen LogP contribution < -0.4 is 14.8 Å². The Hall–Kier alpha value is -0.260. The highest BCUT2D eigenvalue weighted by atomic mass is 79.9. The van der Waals surface area contributed by atoms with Gasteiger partial charge in [0.15, 0.2) is 0 Å². The molecule has 1 N–H and O–H groups in total. The molecule has 5 heteroatoms. The zero-order valence-corrected chi connectivity index (χ0v) is 14.0. The van der Waals surface area contributed by atoms with Crippen molar-refractivity contribution in [1.29, 1.82) is 0 Å². The lowest BCUT2D eigenvalue weighted by Crippen LogP contribution is -2.23. The summed E-state index contributed by atoms with van der Waals surface area (Å²) >= 11 is 7.28. The number of halogens is 2. The van der Waals surface area contributed by atoms with Crippen LogP contribution in [0.25, 0.3) is 0 Å². The molecule has 0 amide bonds. The van der Waals surface area contributed by atoms with E-state index in [-0.39, 0.29) is 0 Å². The summed E-state index contributed by atoms with van der Waals surface area (Å²) in [4.78, 5) is 0. The van der Waals surface area contributed by atoms with Gasteiger partial charge in [-0.25, -0.2) is 0 Å². The van der Waals surface area contributed by atoms with Crippen LogP contribution in [0.1, 0.15) is 37.3 Å². The van der Waals surface area contributed by atoms with Gasteiger partial charge in [0.2, 0.25) is 0 Å². The van der Waals surface area contributed by atoms with Crippen molar-refractivity contribution in [3.63, 3.8) is 0 Å². The molecular formula is C14H17Br2NO2. The van der Waals surface area contributed by atoms with E-state index in [1.807, 2.05) is 6.07 Å². The molecule has 1 heterocycles. The Labute approximate surface area is 130 Å². The number of nitrogens with one attached hydrogen (secondary N) is 1. The quantitative estimate of drug-likeness (QED) is 0.839. The summed E-state index contributed by atoms with van der Waals surface area (Å²) in [6, 6.07) is 2.97. The van der Waals surface area contributed by atoms with Crippen LogP contribution in [0, 0.1) is 0 Å². The molecule has 1 aliphatic heterocycles. The Kier molecular flexibility index (Phi) is 4.06. The Balaban J connectivity index is 2.05. The highest BCUT2D eigenvalue weighted by Crippen LogP contribution is 2.47. The number of ether oxygens (including phenoxy) is 2. The molecule has 1 aromatic carbocycles. The zero-order chi connectivity index (χ0) is 13.4. The summed E-state index contributed by atoms with van der Waals surface area (Å²) in [5.41, 5.74) is 1.19. The maximum absolute atomic E-state index is 5.92. The van der Waals surface area contributed by atoms with Crippen LogP contribution in [0.2, 0.25) is 0 Å². The highest BCUT2D eigenvalue weighted by molar-refractivity contribution is 9.11. The topological polar surface area (TPSA) is 30.5 Å². The van der Waals surface area contributed by atoms with Gasteiger partial charge in [-0.05, 0) is 63.6 Å². The number of methoxy groups -OCH3 is 1. The molecule has 0 spiro atoms. The molecule has 0 aromatic heterocycles. The van der Waals surface area contributed by atoms with E-state index >= 15 is 0 Å². The SMILES string of the molecule is COc1cc(Br)c2c(c1Br)C(NC1CC1)CCCO2. The monoisotopic (exact) mass is 389 g/mol. The molecule has 1 aromatic rings. The molecule has 104 valence electrons. The van der Waals surface area contributed by atoms with Crippen LogP contribution in [0.4, 0.5) is 0 Å². The van der Waals surface area contributed by atoms with Crippen molar-refractivity contribution in [1.82, 2.24) is 5.32 Å². The van der Waals surface area contributed by atoms with Gasteiger partial charge >= 0.3 is 0 Å². The largest absolute Gasteiger partial charge is 0.496 e. The van der Waals surface area contributed by atoms with Crippen molar-refractivity contribution in [3.8, 4) is 11.5 Å². The molecule has 1 saturated carbocycles. The molecule has 3 nitrogen and oxygen atoms in total.